The molecule has 0 spiro atoms. The molecule has 4 heteroatoms. The largest absolute Gasteiger partial charge is 0.352 e. The first-order valence-electron chi connectivity index (χ1n) is 6.21. The summed E-state index contributed by atoms with van der Waals surface area (Å²) in [6, 6.07) is 3.55. The first kappa shape index (κ1) is 15.2. The van der Waals surface area contributed by atoms with Crippen LogP contribution in [0.1, 0.15) is 42.7 Å². The summed E-state index contributed by atoms with van der Waals surface area (Å²) in [4.78, 5) is 16.1. The van der Waals surface area contributed by atoms with E-state index in [4.69, 9.17) is 0 Å². The molecule has 1 amide bonds. The SMILES string of the molecule is Cc1cc(C(=O)NCC(C)(C)CCCBr)ccn1. The van der Waals surface area contributed by atoms with Crippen molar-refractivity contribution in [2.75, 3.05) is 11.9 Å². The van der Waals surface area contributed by atoms with Gasteiger partial charge in [0.05, 0.1) is 0 Å². The number of carbonyl (C=O) groups excluding carboxylic acids is 1. The van der Waals surface area contributed by atoms with Gasteiger partial charge in [0, 0.05) is 29.3 Å². The van der Waals surface area contributed by atoms with Gasteiger partial charge in [0.1, 0.15) is 0 Å². The van der Waals surface area contributed by atoms with Gasteiger partial charge in [-0.05, 0) is 37.3 Å². The maximum Gasteiger partial charge on any atom is 0.251 e. The number of nitrogens with zero attached hydrogens (tertiary/aromatic N) is 1. The van der Waals surface area contributed by atoms with E-state index in [0.717, 1.165) is 23.9 Å². The standard InChI is InChI=1S/C14H21BrN2O/c1-11-9-12(5-8-16-11)13(18)17-10-14(2,3)6-4-7-15/h5,8-9H,4,6-7,10H2,1-3H3,(H,17,18). The Morgan fingerprint density at radius 3 is 2.83 bits per heavy atom. The highest BCUT2D eigenvalue weighted by atomic mass is 79.9. The Hall–Kier alpha value is -0.900. The van der Waals surface area contributed by atoms with Gasteiger partial charge in [-0.1, -0.05) is 29.8 Å². The molecule has 0 aliphatic rings. The third-order valence-corrected chi connectivity index (χ3v) is 3.43. The van der Waals surface area contributed by atoms with Crippen molar-refractivity contribution in [3.05, 3.63) is 29.6 Å². The van der Waals surface area contributed by atoms with E-state index < -0.39 is 0 Å². The Labute approximate surface area is 118 Å². The Morgan fingerprint density at radius 2 is 2.22 bits per heavy atom. The molecule has 0 atom stereocenters. The van der Waals surface area contributed by atoms with Crippen LogP contribution in [0.25, 0.3) is 0 Å². The summed E-state index contributed by atoms with van der Waals surface area (Å²) < 4.78 is 0. The zero-order valence-electron chi connectivity index (χ0n) is 11.3. The number of halogens is 1. The van der Waals surface area contributed by atoms with Crippen LogP contribution in [0.15, 0.2) is 18.3 Å². The van der Waals surface area contributed by atoms with Gasteiger partial charge in [0.15, 0.2) is 0 Å². The maximum absolute atomic E-state index is 12.0. The van der Waals surface area contributed by atoms with Gasteiger partial charge in [0.25, 0.3) is 5.91 Å². The maximum atomic E-state index is 12.0. The van der Waals surface area contributed by atoms with Crippen LogP contribution in [-0.2, 0) is 0 Å². The van der Waals surface area contributed by atoms with Gasteiger partial charge in [-0.25, -0.2) is 0 Å². The molecule has 18 heavy (non-hydrogen) atoms. The number of alkyl halides is 1. The summed E-state index contributed by atoms with van der Waals surface area (Å²) >= 11 is 3.43. The fourth-order valence-corrected chi connectivity index (χ4v) is 2.02. The fraction of sp³-hybridized carbons (Fsp3) is 0.571. The lowest BCUT2D eigenvalue weighted by Crippen LogP contribution is -2.34. The average molecular weight is 313 g/mol. The van der Waals surface area contributed by atoms with Crippen molar-refractivity contribution >= 4 is 21.8 Å². The van der Waals surface area contributed by atoms with E-state index >= 15 is 0 Å². The average Bonchev–Trinajstić information content (AvgIpc) is 2.34. The second kappa shape index (κ2) is 6.88. The van der Waals surface area contributed by atoms with E-state index in [2.05, 4.69) is 40.1 Å². The number of pyridine rings is 1. The zero-order valence-corrected chi connectivity index (χ0v) is 12.9. The van der Waals surface area contributed by atoms with Crippen LogP contribution in [0.2, 0.25) is 0 Å². The first-order valence-corrected chi connectivity index (χ1v) is 7.33. The lowest BCUT2D eigenvalue weighted by molar-refractivity contribution is 0.0934. The first-order chi connectivity index (χ1) is 8.44. The van der Waals surface area contributed by atoms with Crippen LogP contribution in [0, 0.1) is 12.3 Å². The van der Waals surface area contributed by atoms with Crippen LogP contribution in [-0.4, -0.2) is 22.8 Å². The van der Waals surface area contributed by atoms with E-state index in [1.165, 1.54) is 0 Å². The van der Waals surface area contributed by atoms with E-state index in [9.17, 15) is 4.79 Å². The summed E-state index contributed by atoms with van der Waals surface area (Å²) in [6.07, 6.45) is 3.88. The molecule has 0 radical (unpaired) electrons. The van der Waals surface area contributed by atoms with Crippen molar-refractivity contribution < 1.29 is 4.79 Å². The molecule has 3 nitrogen and oxygen atoms in total. The molecule has 0 fully saturated rings. The topological polar surface area (TPSA) is 42.0 Å². The summed E-state index contributed by atoms with van der Waals surface area (Å²) in [6.45, 7) is 6.93. The quantitative estimate of drug-likeness (QED) is 0.819. The van der Waals surface area contributed by atoms with Crippen LogP contribution in [0.5, 0.6) is 0 Å². The lowest BCUT2D eigenvalue weighted by Gasteiger charge is -2.24. The zero-order chi connectivity index (χ0) is 13.6. The number of rotatable bonds is 6. The van der Waals surface area contributed by atoms with Gasteiger partial charge in [-0.3, -0.25) is 9.78 Å². The smallest absolute Gasteiger partial charge is 0.251 e. The molecule has 0 aliphatic heterocycles. The molecule has 1 aromatic rings. The fourth-order valence-electron chi connectivity index (χ4n) is 1.74. The van der Waals surface area contributed by atoms with E-state index in [-0.39, 0.29) is 11.3 Å². The molecule has 100 valence electrons. The van der Waals surface area contributed by atoms with Gasteiger partial charge in [-0.2, -0.15) is 0 Å². The summed E-state index contributed by atoms with van der Waals surface area (Å²) in [5.41, 5.74) is 1.67. The minimum atomic E-state index is -0.0209. The molecule has 1 heterocycles. The highest BCUT2D eigenvalue weighted by molar-refractivity contribution is 9.09. The number of carbonyl (C=O) groups is 1. The normalized spacial score (nSPS) is 11.3. The van der Waals surface area contributed by atoms with E-state index in [0.29, 0.717) is 12.1 Å². The highest BCUT2D eigenvalue weighted by Gasteiger charge is 2.18. The van der Waals surface area contributed by atoms with Crippen LogP contribution in [0.3, 0.4) is 0 Å². The van der Waals surface area contributed by atoms with Gasteiger partial charge < -0.3 is 5.32 Å². The second-order valence-electron chi connectivity index (χ2n) is 5.33. The third-order valence-electron chi connectivity index (χ3n) is 2.87. The molecule has 1 N–H and O–H groups in total. The number of hydrogen-bond donors (Lipinski definition) is 1. The summed E-state index contributed by atoms with van der Waals surface area (Å²) in [7, 11) is 0. The van der Waals surface area contributed by atoms with Crippen molar-refractivity contribution in [2.45, 2.75) is 33.6 Å². The van der Waals surface area contributed by atoms with Crippen LogP contribution < -0.4 is 5.32 Å². The molecule has 0 saturated heterocycles. The predicted molar refractivity (Wildman–Crippen MR) is 78.1 cm³/mol. The molecule has 1 aromatic heterocycles. The van der Waals surface area contributed by atoms with Gasteiger partial charge >= 0.3 is 0 Å². The minimum absolute atomic E-state index is 0.0209. The summed E-state index contributed by atoms with van der Waals surface area (Å²) in [5, 5.41) is 4.00. The Morgan fingerprint density at radius 1 is 1.50 bits per heavy atom. The lowest BCUT2D eigenvalue weighted by atomic mass is 9.88. The molecule has 0 unspecified atom stereocenters. The van der Waals surface area contributed by atoms with Crippen molar-refractivity contribution in [3.8, 4) is 0 Å². The van der Waals surface area contributed by atoms with Crippen molar-refractivity contribution in [3.63, 3.8) is 0 Å². The number of aromatic nitrogens is 1. The Bertz CT molecular complexity index is 405. The highest BCUT2D eigenvalue weighted by Crippen LogP contribution is 2.21. The van der Waals surface area contributed by atoms with Crippen molar-refractivity contribution in [2.24, 2.45) is 5.41 Å². The molecule has 1 rings (SSSR count). The van der Waals surface area contributed by atoms with E-state index in [1.54, 1.807) is 18.3 Å². The van der Waals surface area contributed by atoms with Gasteiger partial charge in [0.2, 0.25) is 0 Å². The second-order valence-corrected chi connectivity index (χ2v) is 6.12. The van der Waals surface area contributed by atoms with Crippen LogP contribution in [0.4, 0.5) is 0 Å². The Kier molecular flexibility index (Phi) is 5.79. The number of amides is 1. The van der Waals surface area contributed by atoms with Crippen molar-refractivity contribution in [1.29, 1.82) is 0 Å². The molecule has 0 aromatic carbocycles. The number of hydrogen-bond acceptors (Lipinski definition) is 2. The molecule has 0 saturated carbocycles. The number of nitrogens with one attached hydrogen (secondary N) is 1. The van der Waals surface area contributed by atoms with Crippen molar-refractivity contribution in [1.82, 2.24) is 10.3 Å². The summed E-state index contributed by atoms with van der Waals surface area (Å²) in [5.74, 6) is -0.0209. The predicted octanol–water partition coefficient (Wildman–Crippen LogP) is 3.32. The number of aryl methyl sites for hydroxylation is 1. The van der Waals surface area contributed by atoms with Crippen LogP contribution >= 0.6 is 15.9 Å². The molecule has 0 bridgehead atoms. The Balaban J connectivity index is 2.50. The monoisotopic (exact) mass is 312 g/mol. The van der Waals surface area contributed by atoms with Gasteiger partial charge in [-0.15, -0.1) is 0 Å². The minimum Gasteiger partial charge on any atom is -0.352 e. The van der Waals surface area contributed by atoms with E-state index in [1.807, 2.05) is 6.92 Å². The third kappa shape index (κ3) is 5.17. The molecule has 0 aliphatic carbocycles. The molecular formula is C14H21BrN2O. The molecular weight excluding hydrogens is 292 g/mol.